The summed E-state index contributed by atoms with van der Waals surface area (Å²) in [6, 6.07) is 5.58. The first-order valence-electron chi connectivity index (χ1n) is 10.0. The molecule has 2 bridgehead atoms. The van der Waals surface area contributed by atoms with Gasteiger partial charge in [-0.3, -0.25) is 9.59 Å². The van der Waals surface area contributed by atoms with Gasteiger partial charge < -0.3 is 20.3 Å². The number of fused-ring (bicyclic) bond motifs is 2. The van der Waals surface area contributed by atoms with Crippen LogP contribution in [0.1, 0.15) is 36.0 Å². The number of nitrogens with zero attached hydrogens (tertiary/aromatic N) is 2. The van der Waals surface area contributed by atoms with Gasteiger partial charge in [0.05, 0.1) is 12.8 Å². The Morgan fingerprint density at radius 3 is 2.43 bits per heavy atom. The van der Waals surface area contributed by atoms with E-state index in [1.165, 1.54) is 20.2 Å². The largest absolute Gasteiger partial charge is 0.468 e. The zero-order valence-electron chi connectivity index (χ0n) is 17.8. The van der Waals surface area contributed by atoms with Crippen LogP contribution in [0.2, 0.25) is 0 Å². The zero-order chi connectivity index (χ0) is 22.1. The molecule has 0 radical (unpaired) electrons. The highest BCUT2D eigenvalue weighted by Gasteiger charge is 2.39. The van der Waals surface area contributed by atoms with Crippen LogP contribution >= 0.6 is 0 Å². The van der Waals surface area contributed by atoms with Crippen molar-refractivity contribution in [2.75, 3.05) is 40.1 Å². The highest BCUT2D eigenvalue weighted by molar-refractivity contribution is 7.89. The maximum absolute atomic E-state index is 13.0. The fourth-order valence-electron chi connectivity index (χ4n) is 4.38. The molecule has 0 saturated carbocycles. The van der Waals surface area contributed by atoms with Crippen LogP contribution in [0.15, 0.2) is 23.1 Å². The van der Waals surface area contributed by atoms with Gasteiger partial charge in [-0.25, -0.2) is 8.42 Å². The minimum absolute atomic E-state index is 0.0625. The summed E-state index contributed by atoms with van der Waals surface area (Å²) in [5.74, 6) is -0.962. The van der Waals surface area contributed by atoms with Crippen LogP contribution in [-0.2, 0) is 19.6 Å². The summed E-state index contributed by atoms with van der Waals surface area (Å²) < 4.78 is 31.5. The Bertz CT molecular complexity index is 906. The van der Waals surface area contributed by atoms with Gasteiger partial charge in [-0.2, -0.15) is 4.31 Å². The Hall–Kier alpha value is -2.17. The molecular formula is C20H30N4O5S. The number of rotatable bonds is 7. The highest BCUT2D eigenvalue weighted by atomic mass is 32.2. The minimum Gasteiger partial charge on any atom is -0.468 e. The average molecular weight is 439 g/mol. The van der Waals surface area contributed by atoms with Crippen molar-refractivity contribution in [2.24, 2.45) is 0 Å². The van der Waals surface area contributed by atoms with Crippen molar-refractivity contribution in [1.29, 1.82) is 0 Å². The molecule has 2 aliphatic heterocycles. The number of benzene rings is 1. The van der Waals surface area contributed by atoms with Gasteiger partial charge in [-0.15, -0.1) is 0 Å². The molecule has 1 aromatic rings. The van der Waals surface area contributed by atoms with E-state index in [-0.39, 0.29) is 22.4 Å². The predicted octanol–water partition coefficient (Wildman–Crippen LogP) is 0.877. The van der Waals surface area contributed by atoms with Gasteiger partial charge in [0.15, 0.2) is 0 Å². The van der Waals surface area contributed by atoms with Crippen molar-refractivity contribution >= 4 is 27.6 Å². The van der Waals surface area contributed by atoms with Crippen LogP contribution in [0.25, 0.3) is 0 Å². The number of nitrogens with one attached hydrogen (secondary N) is 2. The van der Waals surface area contributed by atoms with Crippen molar-refractivity contribution in [1.82, 2.24) is 14.5 Å². The average Bonchev–Trinajstić information content (AvgIpc) is 2.92. The van der Waals surface area contributed by atoms with Gasteiger partial charge >= 0.3 is 5.97 Å². The van der Waals surface area contributed by atoms with Crippen LogP contribution in [0.4, 0.5) is 5.69 Å². The van der Waals surface area contributed by atoms with Crippen molar-refractivity contribution in [3.05, 3.63) is 23.8 Å². The number of esters is 1. The molecule has 2 aliphatic rings. The second-order valence-electron chi connectivity index (χ2n) is 7.99. The van der Waals surface area contributed by atoms with Gasteiger partial charge in [0.1, 0.15) is 11.4 Å². The summed E-state index contributed by atoms with van der Waals surface area (Å²) in [5, 5.41) is 5.91. The fraction of sp³-hybridized carbons (Fsp3) is 0.600. The molecular weight excluding hydrogens is 408 g/mol. The lowest BCUT2D eigenvalue weighted by atomic mass is 9.97. The van der Waals surface area contributed by atoms with E-state index in [4.69, 9.17) is 0 Å². The quantitative estimate of drug-likeness (QED) is 0.609. The number of carbonyl (C=O) groups is 2. The van der Waals surface area contributed by atoms with Crippen molar-refractivity contribution in [2.45, 2.75) is 48.7 Å². The van der Waals surface area contributed by atoms with E-state index in [9.17, 15) is 18.0 Å². The molecule has 2 heterocycles. The first kappa shape index (κ1) is 22.5. The van der Waals surface area contributed by atoms with Crippen LogP contribution < -0.4 is 10.6 Å². The number of amides is 1. The lowest BCUT2D eigenvalue weighted by Crippen LogP contribution is -2.48. The molecule has 30 heavy (non-hydrogen) atoms. The molecule has 0 spiro atoms. The van der Waals surface area contributed by atoms with Gasteiger partial charge in [0, 0.05) is 37.8 Å². The molecule has 2 unspecified atom stereocenters. The second kappa shape index (κ2) is 8.91. The molecule has 0 aromatic heterocycles. The van der Waals surface area contributed by atoms with E-state index in [0.29, 0.717) is 17.8 Å². The number of anilines is 1. The standard InChI is InChI=1S/C20H30N4O5S/c1-21-17-8-5-13(9-18(17)30(27,28)23(2)12-19(25)29-4)20(26)22-14-10-15-6-7-16(11-14)24(15)3/h5,8-9,14-16,21H,6-7,10-12H2,1-4H3,(H,22,26). The lowest BCUT2D eigenvalue weighted by Gasteiger charge is -2.36. The number of likely N-dealkylation sites (N-methyl/N-ethyl adjacent to an activating group) is 1. The first-order valence-corrected chi connectivity index (χ1v) is 11.5. The molecule has 1 aromatic carbocycles. The van der Waals surface area contributed by atoms with Crippen molar-refractivity contribution in [3.63, 3.8) is 0 Å². The van der Waals surface area contributed by atoms with Gasteiger partial charge in [0.2, 0.25) is 10.0 Å². The normalized spacial score (nSPS) is 24.0. The number of hydrogen-bond donors (Lipinski definition) is 2. The summed E-state index contributed by atoms with van der Waals surface area (Å²) in [4.78, 5) is 26.7. The molecule has 9 nitrogen and oxygen atoms in total. The van der Waals surface area contributed by atoms with Gasteiger partial charge in [0.25, 0.3) is 5.91 Å². The smallest absolute Gasteiger partial charge is 0.321 e. The third-order valence-electron chi connectivity index (χ3n) is 6.21. The molecule has 0 aliphatic carbocycles. The highest BCUT2D eigenvalue weighted by Crippen LogP contribution is 2.34. The molecule has 10 heteroatoms. The lowest BCUT2D eigenvalue weighted by molar-refractivity contribution is -0.140. The van der Waals surface area contributed by atoms with Crippen LogP contribution in [0, 0.1) is 0 Å². The van der Waals surface area contributed by atoms with Gasteiger partial charge in [-0.1, -0.05) is 0 Å². The van der Waals surface area contributed by atoms with E-state index in [1.807, 2.05) is 0 Å². The third kappa shape index (κ3) is 4.45. The molecule has 3 rings (SSSR count). The zero-order valence-corrected chi connectivity index (χ0v) is 18.7. The van der Waals surface area contributed by atoms with E-state index >= 15 is 0 Å². The first-order chi connectivity index (χ1) is 14.2. The fourth-order valence-corrected chi connectivity index (χ4v) is 5.72. The van der Waals surface area contributed by atoms with E-state index in [1.54, 1.807) is 19.2 Å². The number of piperidine rings is 1. The number of methoxy groups -OCH3 is 1. The SMILES string of the molecule is CNc1ccc(C(=O)NC2CC3CCC(C2)N3C)cc1S(=O)(=O)N(C)CC(=O)OC. The molecule has 166 valence electrons. The summed E-state index contributed by atoms with van der Waals surface area (Å²) in [5.41, 5.74) is 0.617. The van der Waals surface area contributed by atoms with E-state index in [2.05, 4.69) is 27.3 Å². The maximum Gasteiger partial charge on any atom is 0.321 e. The van der Waals surface area contributed by atoms with Crippen molar-refractivity contribution < 1.29 is 22.7 Å². The topological polar surface area (TPSA) is 108 Å². The molecule has 1 amide bonds. The predicted molar refractivity (Wildman–Crippen MR) is 113 cm³/mol. The van der Waals surface area contributed by atoms with E-state index in [0.717, 1.165) is 30.0 Å². The molecule has 2 saturated heterocycles. The third-order valence-corrected chi connectivity index (χ3v) is 8.06. The summed E-state index contributed by atoms with van der Waals surface area (Å²) in [6.45, 7) is -0.420. The number of carbonyl (C=O) groups excluding carboxylic acids is 2. The Kier molecular flexibility index (Phi) is 6.68. The number of sulfonamides is 1. The number of hydrogen-bond acceptors (Lipinski definition) is 7. The maximum atomic E-state index is 13.0. The molecule has 2 N–H and O–H groups in total. The van der Waals surface area contributed by atoms with Crippen molar-refractivity contribution in [3.8, 4) is 0 Å². The molecule has 2 atom stereocenters. The molecule has 2 fully saturated rings. The van der Waals surface area contributed by atoms with Crippen LogP contribution in [0.5, 0.6) is 0 Å². The Morgan fingerprint density at radius 2 is 1.87 bits per heavy atom. The van der Waals surface area contributed by atoms with E-state index < -0.39 is 22.5 Å². The number of ether oxygens (including phenoxy) is 1. The Labute approximate surface area is 177 Å². The summed E-state index contributed by atoms with van der Waals surface area (Å²) in [6.07, 6.45) is 4.11. The monoisotopic (exact) mass is 438 g/mol. The summed E-state index contributed by atoms with van der Waals surface area (Å²) >= 11 is 0. The Morgan fingerprint density at radius 1 is 1.23 bits per heavy atom. The van der Waals surface area contributed by atoms with Crippen LogP contribution in [-0.4, -0.2) is 82.4 Å². The summed E-state index contributed by atoms with van der Waals surface area (Å²) in [7, 11) is 2.22. The minimum atomic E-state index is -4.01. The van der Waals surface area contributed by atoms with Gasteiger partial charge in [-0.05, 0) is 50.9 Å². The second-order valence-corrected chi connectivity index (χ2v) is 10.0. The Balaban J connectivity index is 1.80. The van der Waals surface area contributed by atoms with Crippen LogP contribution in [0.3, 0.4) is 0 Å².